The van der Waals surface area contributed by atoms with Crippen LogP contribution in [0.3, 0.4) is 0 Å². The van der Waals surface area contributed by atoms with Crippen LogP contribution in [-0.4, -0.2) is 44.7 Å². The smallest absolute Gasteiger partial charge is 0.165 e. The first-order valence-electron chi connectivity index (χ1n) is 6.47. The van der Waals surface area contributed by atoms with Crippen LogP contribution >= 0.6 is 0 Å². The highest BCUT2D eigenvalue weighted by atomic mass is 19.1. The molecule has 1 aromatic carbocycles. The van der Waals surface area contributed by atoms with E-state index in [0.29, 0.717) is 5.75 Å². The van der Waals surface area contributed by atoms with Gasteiger partial charge in [0, 0.05) is 32.7 Å². The molecule has 1 aliphatic rings. The van der Waals surface area contributed by atoms with E-state index in [-0.39, 0.29) is 5.82 Å². The van der Waals surface area contributed by atoms with Gasteiger partial charge < -0.3 is 15.0 Å². The number of methoxy groups -OCH3 is 1. The Morgan fingerprint density at radius 1 is 1.33 bits per heavy atom. The lowest BCUT2D eigenvalue weighted by Gasteiger charge is -2.27. The van der Waals surface area contributed by atoms with Crippen molar-refractivity contribution in [3.05, 3.63) is 29.1 Å². The van der Waals surface area contributed by atoms with Crippen molar-refractivity contribution in [2.45, 2.75) is 13.3 Å². The maximum Gasteiger partial charge on any atom is 0.165 e. The molecule has 18 heavy (non-hydrogen) atoms. The topological polar surface area (TPSA) is 24.5 Å². The number of aryl methyl sites for hydroxylation is 1. The third kappa shape index (κ3) is 3.21. The van der Waals surface area contributed by atoms with Gasteiger partial charge in [-0.1, -0.05) is 6.07 Å². The van der Waals surface area contributed by atoms with Gasteiger partial charge >= 0.3 is 0 Å². The Labute approximate surface area is 108 Å². The average Bonchev–Trinajstić information content (AvgIpc) is 2.37. The van der Waals surface area contributed by atoms with E-state index in [4.69, 9.17) is 4.74 Å². The zero-order valence-electron chi connectivity index (χ0n) is 11.1. The van der Waals surface area contributed by atoms with Gasteiger partial charge in [-0.05, 0) is 30.5 Å². The second kappa shape index (κ2) is 6.16. The summed E-state index contributed by atoms with van der Waals surface area (Å²) in [5.74, 6) is 0.142. The van der Waals surface area contributed by atoms with Crippen LogP contribution < -0.4 is 10.1 Å². The van der Waals surface area contributed by atoms with Crippen LogP contribution in [-0.2, 0) is 6.42 Å². The second-order valence-electron chi connectivity index (χ2n) is 4.78. The van der Waals surface area contributed by atoms with Gasteiger partial charge in [-0.25, -0.2) is 4.39 Å². The van der Waals surface area contributed by atoms with Gasteiger partial charge in [-0.15, -0.1) is 0 Å². The first-order chi connectivity index (χ1) is 8.70. The monoisotopic (exact) mass is 252 g/mol. The molecule has 1 saturated heterocycles. The summed E-state index contributed by atoms with van der Waals surface area (Å²) in [5, 5.41) is 3.33. The summed E-state index contributed by atoms with van der Waals surface area (Å²) < 4.78 is 18.9. The zero-order chi connectivity index (χ0) is 13.0. The molecule has 1 heterocycles. The molecule has 1 aliphatic heterocycles. The Balaban J connectivity index is 2.03. The maximum absolute atomic E-state index is 13.7. The van der Waals surface area contributed by atoms with E-state index in [0.717, 1.165) is 50.3 Å². The fourth-order valence-electron chi connectivity index (χ4n) is 2.43. The van der Waals surface area contributed by atoms with E-state index < -0.39 is 0 Å². The summed E-state index contributed by atoms with van der Waals surface area (Å²) in [7, 11) is 1.53. The summed E-state index contributed by atoms with van der Waals surface area (Å²) in [6.45, 7) is 7.09. The lowest BCUT2D eigenvalue weighted by Crippen LogP contribution is -2.44. The summed E-state index contributed by atoms with van der Waals surface area (Å²) in [6.07, 6.45) is 0.835. The Morgan fingerprint density at radius 3 is 2.72 bits per heavy atom. The van der Waals surface area contributed by atoms with Crippen LogP contribution in [0, 0.1) is 12.7 Å². The minimum Gasteiger partial charge on any atom is -0.493 e. The fraction of sp³-hybridized carbons (Fsp3) is 0.571. The van der Waals surface area contributed by atoms with E-state index in [2.05, 4.69) is 10.2 Å². The van der Waals surface area contributed by atoms with Crippen LogP contribution in [0.2, 0.25) is 0 Å². The lowest BCUT2D eigenvalue weighted by atomic mass is 10.1. The molecule has 2 rings (SSSR count). The van der Waals surface area contributed by atoms with Gasteiger partial charge in [0.25, 0.3) is 0 Å². The minimum absolute atomic E-state index is 0.257. The van der Waals surface area contributed by atoms with Crippen molar-refractivity contribution >= 4 is 0 Å². The summed E-state index contributed by atoms with van der Waals surface area (Å²) in [5.41, 5.74) is 1.91. The SMILES string of the molecule is COc1c(F)cc(C)cc1CCN1CCNCC1. The van der Waals surface area contributed by atoms with Crippen LogP contribution in [0.5, 0.6) is 5.75 Å². The number of rotatable bonds is 4. The molecule has 4 heteroatoms. The van der Waals surface area contributed by atoms with Gasteiger partial charge in [0.15, 0.2) is 11.6 Å². The van der Waals surface area contributed by atoms with Gasteiger partial charge in [0.05, 0.1) is 7.11 Å². The Morgan fingerprint density at radius 2 is 2.06 bits per heavy atom. The van der Waals surface area contributed by atoms with Crippen LogP contribution in [0.4, 0.5) is 4.39 Å². The Bertz CT molecular complexity index is 403. The predicted octanol–water partition coefficient (Wildman–Crippen LogP) is 1.59. The number of hydrogen-bond acceptors (Lipinski definition) is 3. The average molecular weight is 252 g/mol. The number of piperazine rings is 1. The number of nitrogens with one attached hydrogen (secondary N) is 1. The van der Waals surface area contributed by atoms with E-state index in [1.54, 1.807) is 0 Å². The molecule has 0 radical (unpaired) electrons. The molecule has 1 fully saturated rings. The van der Waals surface area contributed by atoms with Crippen molar-refractivity contribution in [3.8, 4) is 5.75 Å². The fourth-order valence-corrected chi connectivity index (χ4v) is 2.43. The molecule has 0 atom stereocenters. The molecule has 0 aromatic heterocycles. The van der Waals surface area contributed by atoms with Crippen LogP contribution in [0.1, 0.15) is 11.1 Å². The normalized spacial score (nSPS) is 16.8. The van der Waals surface area contributed by atoms with Crippen LogP contribution in [0.15, 0.2) is 12.1 Å². The van der Waals surface area contributed by atoms with Gasteiger partial charge in [-0.3, -0.25) is 0 Å². The number of halogens is 1. The number of nitrogens with zero attached hydrogens (tertiary/aromatic N) is 1. The quantitative estimate of drug-likeness (QED) is 0.880. The van der Waals surface area contributed by atoms with Crippen molar-refractivity contribution < 1.29 is 9.13 Å². The van der Waals surface area contributed by atoms with Crippen molar-refractivity contribution in [3.63, 3.8) is 0 Å². The van der Waals surface area contributed by atoms with E-state index in [1.807, 2.05) is 13.0 Å². The highest BCUT2D eigenvalue weighted by Crippen LogP contribution is 2.24. The number of benzene rings is 1. The molecule has 0 bridgehead atoms. The Hall–Kier alpha value is -1.13. The molecule has 0 aliphatic carbocycles. The van der Waals surface area contributed by atoms with Crippen molar-refractivity contribution in [2.75, 3.05) is 39.8 Å². The third-order valence-electron chi connectivity index (χ3n) is 3.38. The molecular formula is C14H21FN2O. The first-order valence-corrected chi connectivity index (χ1v) is 6.47. The van der Waals surface area contributed by atoms with E-state index >= 15 is 0 Å². The predicted molar refractivity (Wildman–Crippen MR) is 70.7 cm³/mol. The van der Waals surface area contributed by atoms with E-state index in [1.165, 1.54) is 13.2 Å². The lowest BCUT2D eigenvalue weighted by molar-refractivity contribution is 0.242. The molecule has 3 nitrogen and oxygen atoms in total. The van der Waals surface area contributed by atoms with Crippen molar-refractivity contribution in [1.82, 2.24) is 10.2 Å². The van der Waals surface area contributed by atoms with Crippen LogP contribution in [0.25, 0.3) is 0 Å². The second-order valence-corrected chi connectivity index (χ2v) is 4.78. The highest BCUT2D eigenvalue weighted by molar-refractivity contribution is 5.38. The standard InChI is InChI=1S/C14H21FN2O/c1-11-9-12(14(18-2)13(15)10-11)3-6-17-7-4-16-5-8-17/h9-10,16H,3-8H2,1-2H3. The largest absolute Gasteiger partial charge is 0.493 e. The van der Waals surface area contributed by atoms with Crippen molar-refractivity contribution in [2.24, 2.45) is 0 Å². The molecule has 100 valence electrons. The molecule has 1 aromatic rings. The molecule has 0 amide bonds. The first kappa shape index (κ1) is 13.3. The number of hydrogen-bond donors (Lipinski definition) is 1. The third-order valence-corrected chi connectivity index (χ3v) is 3.38. The maximum atomic E-state index is 13.7. The summed E-state index contributed by atoms with van der Waals surface area (Å²) in [6, 6.07) is 3.54. The summed E-state index contributed by atoms with van der Waals surface area (Å²) >= 11 is 0. The van der Waals surface area contributed by atoms with Gasteiger partial charge in [0.1, 0.15) is 0 Å². The van der Waals surface area contributed by atoms with Gasteiger partial charge in [-0.2, -0.15) is 0 Å². The molecule has 0 unspecified atom stereocenters. The Kier molecular flexibility index (Phi) is 4.55. The molecule has 0 spiro atoms. The summed E-state index contributed by atoms with van der Waals surface area (Å²) in [4.78, 5) is 2.40. The van der Waals surface area contributed by atoms with Crippen molar-refractivity contribution in [1.29, 1.82) is 0 Å². The number of ether oxygens (including phenoxy) is 1. The molecule has 0 saturated carbocycles. The zero-order valence-corrected chi connectivity index (χ0v) is 11.1. The molecule has 1 N–H and O–H groups in total. The highest BCUT2D eigenvalue weighted by Gasteiger charge is 2.13. The minimum atomic E-state index is -0.257. The van der Waals surface area contributed by atoms with E-state index in [9.17, 15) is 4.39 Å². The van der Waals surface area contributed by atoms with Gasteiger partial charge in [0.2, 0.25) is 0 Å². The molecular weight excluding hydrogens is 231 g/mol.